The number of fused-ring (bicyclic) bond motifs is 3. The van der Waals surface area contributed by atoms with Crippen molar-refractivity contribution in [3.8, 4) is 0 Å². The zero-order valence-corrected chi connectivity index (χ0v) is 20.2. The average molecular weight is 456 g/mol. The highest BCUT2D eigenvalue weighted by Crippen LogP contribution is 2.44. The van der Waals surface area contributed by atoms with E-state index in [1.165, 1.54) is 17.5 Å². The minimum absolute atomic E-state index is 0.0424. The summed E-state index contributed by atoms with van der Waals surface area (Å²) in [4.78, 5) is 29.7. The standard InChI is InChI=1S/C24H33N5O2S/c1-15(2)21-26-28(22(31)18-12-16-8-11-32-23(16)29(18)21)14-20(30)25-17-6-5-10-27(13-17)19-7-9-24(19,3)4/h8,11-12,15,17,19H,5-7,9-10,13-14H2,1-4H3,(H,25,30). The van der Waals surface area contributed by atoms with E-state index in [1.807, 2.05) is 21.9 Å². The van der Waals surface area contributed by atoms with Crippen LogP contribution in [0.5, 0.6) is 0 Å². The molecule has 1 saturated heterocycles. The Bertz CT molecular complexity index is 1220. The molecule has 32 heavy (non-hydrogen) atoms. The Kier molecular flexibility index (Phi) is 5.40. The number of likely N-dealkylation sites (tertiary alicyclic amines) is 1. The Labute approximate surface area is 192 Å². The Morgan fingerprint density at radius 1 is 1.34 bits per heavy atom. The first-order valence-electron chi connectivity index (χ1n) is 11.8. The second kappa shape index (κ2) is 7.99. The molecule has 2 unspecified atom stereocenters. The smallest absolute Gasteiger partial charge is 0.291 e. The van der Waals surface area contributed by atoms with Crippen LogP contribution in [0.4, 0.5) is 0 Å². The van der Waals surface area contributed by atoms with Crippen molar-refractivity contribution in [2.45, 2.75) is 77.9 Å². The van der Waals surface area contributed by atoms with Gasteiger partial charge in [0, 0.05) is 29.9 Å². The summed E-state index contributed by atoms with van der Waals surface area (Å²) >= 11 is 1.61. The highest BCUT2D eigenvalue weighted by Gasteiger charge is 2.43. The summed E-state index contributed by atoms with van der Waals surface area (Å²) < 4.78 is 3.31. The van der Waals surface area contributed by atoms with Gasteiger partial charge in [0.15, 0.2) is 0 Å². The first kappa shape index (κ1) is 21.6. The predicted octanol–water partition coefficient (Wildman–Crippen LogP) is 3.60. The minimum atomic E-state index is -0.213. The van der Waals surface area contributed by atoms with Crippen molar-refractivity contribution < 1.29 is 4.79 Å². The fraction of sp³-hybridized carbons (Fsp3) is 0.625. The molecular weight excluding hydrogens is 422 g/mol. The number of hydrogen-bond donors (Lipinski definition) is 1. The van der Waals surface area contributed by atoms with Gasteiger partial charge >= 0.3 is 0 Å². The number of rotatable bonds is 5. The second-order valence-corrected chi connectivity index (χ2v) is 11.4. The lowest BCUT2D eigenvalue weighted by molar-refractivity contribution is -0.123. The summed E-state index contributed by atoms with van der Waals surface area (Å²) in [6.45, 7) is 10.8. The monoisotopic (exact) mass is 455 g/mol. The predicted molar refractivity (Wildman–Crippen MR) is 128 cm³/mol. The normalized spacial score (nSPS) is 23.7. The summed E-state index contributed by atoms with van der Waals surface area (Å²) in [5, 5.41) is 10.9. The average Bonchev–Trinajstić information content (AvgIpc) is 3.31. The number of nitrogens with zero attached hydrogens (tertiary/aromatic N) is 4. The molecule has 172 valence electrons. The molecule has 1 aliphatic heterocycles. The van der Waals surface area contributed by atoms with Crippen LogP contribution in [-0.2, 0) is 11.3 Å². The molecule has 3 aromatic rings. The van der Waals surface area contributed by atoms with Crippen LogP contribution in [0.25, 0.3) is 15.7 Å². The summed E-state index contributed by atoms with van der Waals surface area (Å²) in [6, 6.07) is 4.68. The van der Waals surface area contributed by atoms with Crippen molar-refractivity contribution in [3.63, 3.8) is 0 Å². The van der Waals surface area contributed by atoms with Crippen LogP contribution in [-0.4, -0.2) is 50.2 Å². The summed E-state index contributed by atoms with van der Waals surface area (Å²) in [6.07, 6.45) is 4.61. The Balaban J connectivity index is 1.34. The van der Waals surface area contributed by atoms with Crippen molar-refractivity contribution in [2.75, 3.05) is 13.1 Å². The molecule has 0 radical (unpaired) electrons. The van der Waals surface area contributed by atoms with Gasteiger partial charge in [-0.3, -0.25) is 18.9 Å². The van der Waals surface area contributed by atoms with Crippen molar-refractivity contribution in [3.05, 3.63) is 33.7 Å². The van der Waals surface area contributed by atoms with Gasteiger partial charge < -0.3 is 5.32 Å². The maximum absolute atomic E-state index is 13.2. The minimum Gasteiger partial charge on any atom is -0.350 e. The van der Waals surface area contributed by atoms with E-state index in [-0.39, 0.29) is 30.0 Å². The number of amides is 1. The van der Waals surface area contributed by atoms with Gasteiger partial charge in [0.05, 0.1) is 0 Å². The van der Waals surface area contributed by atoms with Gasteiger partial charge in [-0.1, -0.05) is 27.7 Å². The fourth-order valence-corrected chi connectivity index (χ4v) is 6.38. The van der Waals surface area contributed by atoms with E-state index in [0.717, 1.165) is 42.0 Å². The number of thiophene rings is 1. The molecule has 5 rings (SSSR count). The van der Waals surface area contributed by atoms with Crippen LogP contribution >= 0.6 is 11.3 Å². The third-order valence-corrected chi connectivity index (χ3v) is 8.26. The number of hydrogen-bond acceptors (Lipinski definition) is 5. The fourth-order valence-electron chi connectivity index (χ4n) is 5.48. The molecule has 2 aliphatic rings. The lowest BCUT2D eigenvalue weighted by Crippen LogP contribution is -2.58. The molecule has 4 heterocycles. The molecule has 0 spiro atoms. The zero-order chi connectivity index (χ0) is 22.6. The van der Waals surface area contributed by atoms with Crippen LogP contribution in [0.15, 0.2) is 22.3 Å². The number of carbonyl (C=O) groups excluding carboxylic acids is 1. The zero-order valence-electron chi connectivity index (χ0n) is 19.4. The van der Waals surface area contributed by atoms with Crippen molar-refractivity contribution in [1.82, 2.24) is 24.4 Å². The van der Waals surface area contributed by atoms with E-state index in [4.69, 9.17) is 0 Å². The summed E-state index contributed by atoms with van der Waals surface area (Å²) in [5.74, 6) is 0.801. The number of aromatic nitrogens is 3. The van der Waals surface area contributed by atoms with Crippen LogP contribution in [0.1, 0.15) is 65.1 Å². The van der Waals surface area contributed by atoms with Crippen molar-refractivity contribution in [1.29, 1.82) is 0 Å². The molecule has 2 atom stereocenters. The lowest BCUT2D eigenvalue weighted by Gasteiger charge is -2.52. The van der Waals surface area contributed by atoms with Crippen LogP contribution in [0.3, 0.4) is 0 Å². The van der Waals surface area contributed by atoms with E-state index in [9.17, 15) is 9.59 Å². The third-order valence-electron chi connectivity index (χ3n) is 7.35. The van der Waals surface area contributed by atoms with Gasteiger partial charge in [-0.25, -0.2) is 4.68 Å². The van der Waals surface area contributed by atoms with Gasteiger partial charge in [0.25, 0.3) is 5.56 Å². The third kappa shape index (κ3) is 3.67. The topological polar surface area (TPSA) is 71.6 Å². The number of carbonyl (C=O) groups is 1. The van der Waals surface area contributed by atoms with Gasteiger partial charge in [0.1, 0.15) is 22.7 Å². The molecule has 1 saturated carbocycles. The lowest BCUT2D eigenvalue weighted by atomic mass is 9.66. The van der Waals surface area contributed by atoms with Crippen molar-refractivity contribution in [2.24, 2.45) is 5.41 Å². The highest BCUT2D eigenvalue weighted by molar-refractivity contribution is 7.16. The molecule has 2 fully saturated rings. The quantitative estimate of drug-likeness (QED) is 0.638. The molecule has 1 aliphatic carbocycles. The first-order valence-corrected chi connectivity index (χ1v) is 12.7. The maximum atomic E-state index is 13.2. The number of nitrogens with one attached hydrogen (secondary N) is 1. The molecule has 1 N–H and O–H groups in total. The number of piperidine rings is 1. The SMILES string of the molecule is CC(C)c1nn(CC(=O)NC2CCCN(C3CCC3(C)C)C2)c(=O)c2cc3ccsc3n12. The molecule has 8 heteroatoms. The molecule has 7 nitrogen and oxygen atoms in total. The van der Waals surface area contributed by atoms with Crippen molar-refractivity contribution >= 4 is 33.0 Å². The van der Waals surface area contributed by atoms with E-state index in [0.29, 0.717) is 17.0 Å². The Morgan fingerprint density at radius 2 is 2.16 bits per heavy atom. The van der Waals surface area contributed by atoms with Crippen LogP contribution < -0.4 is 10.9 Å². The maximum Gasteiger partial charge on any atom is 0.291 e. The molecule has 3 aromatic heterocycles. The van der Waals surface area contributed by atoms with E-state index in [1.54, 1.807) is 11.3 Å². The molecule has 0 bridgehead atoms. The van der Waals surface area contributed by atoms with Gasteiger partial charge in [-0.2, -0.15) is 5.10 Å². The second-order valence-electron chi connectivity index (χ2n) is 10.5. The van der Waals surface area contributed by atoms with E-state index < -0.39 is 0 Å². The van der Waals surface area contributed by atoms with Gasteiger partial charge in [-0.15, -0.1) is 11.3 Å². The van der Waals surface area contributed by atoms with Crippen LogP contribution in [0, 0.1) is 5.41 Å². The molecule has 0 aromatic carbocycles. The Hall–Kier alpha value is -2.19. The molecule has 1 amide bonds. The summed E-state index contributed by atoms with van der Waals surface area (Å²) in [5.41, 5.74) is 0.750. The van der Waals surface area contributed by atoms with Gasteiger partial charge in [0.2, 0.25) is 5.91 Å². The van der Waals surface area contributed by atoms with E-state index in [2.05, 4.69) is 43.0 Å². The van der Waals surface area contributed by atoms with Crippen LogP contribution in [0.2, 0.25) is 0 Å². The summed E-state index contributed by atoms with van der Waals surface area (Å²) in [7, 11) is 0. The Morgan fingerprint density at radius 3 is 2.84 bits per heavy atom. The highest BCUT2D eigenvalue weighted by atomic mass is 32.1. The first-order chi connectivity index (χ1) is 15.2. The van der Waals surface area contributed by atoms with E-state index >= 15 is 0 Å². The van der Waals surface area contributed by atoms with Gasteiger partial charge in [-0.05, 0) is 55.2 Å². The molecular formula is C24H33N5O2S. The largest absolute Gasteiger partial charge is 0.350 e.